The maximum atomic E-state index is 11.9. The van der Waals surface area contributed by atoms with Crippen LogP contribution in [0.1, 0.15) is 17.3 Å². The second-order valence-corrected chi connectivity index (χ2v) is 5.62. The van der Waals surface area contributed by atoms with Crippen molar-refractivity contribution in [2.75, 3.05) is 17.2 Å². The predicted molar refractivity (Wildman–Crippen MR) is 90.2 cm³/mol. The number of carbonyl (C=O) groups is 2. The van der Waals surface area contributed by atoms with Gasteiger partial charge in [-0.05, 0) is 25.1 Å². The van der Waals surface area contributed by atoms with E-state index in [9.17, 15) is 9.59 Å². The smallest absolute Gasteiger partial charge is 0.338 e. The zero-order chi connectivity index (χ0) is 16.9. The molecule has 0 unspecified atom stereocenters. The highest BCUT2D eigenvalue weighted by molar-refractivity contribution is 7.22. The molecule has 0 saturated heterocycles. The van der Waals surface area contributed by atoms with E-state index in [0.29, 0.717) is 28.6 Å². The number of thiazole rings is 1. The molecule has 3 rings (SSSR count). The normalized spacial score (nSPS) is 10.4. The molecule has 0 aliphatic rings. The van der Waals surface area contributed by atoms with Gasteiger partial charge in [0, 0.05) is 12.4 Å². The van der Waals surface area contributed by atoms with Gasteiger partial charge in [-0.25, -0.2) is 19.6 Å². The minimum absolute atomic E-state index is 0.314. The molecule has 9 heteroatoms. The molecule has 2 amide bonds. The van der Waals surface area contributed by atoms with Crippen LogP contribution >= 0.6 is 11.3 Å². The fourth-order valence-electron chi connectivity index (χ4n) is 1.93. The molecule has 0 aliphatic carbocycles. The average molecular weight is 343 g/mol. The van der Waals surface area contributed by atoms with Crippen molar-refractivity contribution in [1.82, 2.24) is 15.0 Å². The number of hydrogen-bond donors (Lipinski definition) is 2. The summed E-state index contributed by atoms with van der Waals surface area (Å²) in [7, 11) is 0. The summed E-state index contributed by atoms with van der Waals surface area (Å²) in [5.41, 5.74) is 1.13. The molecule has 0 saturated carbocycles. The molecule has 0 atom stereocenters. The number of anilines is 2. The SMILES string of the molecule is CCOC(=O)c1ccc2nc(NC(=O)Nc3cnccn3)sc2c1. The van der Waals surface area contributed by atoms with Crippen LogP contribution in [0.3, 0.4) is 0 Å². The topological polar surface area (TPSA) is 106 Å². The van der Waals surface area contributed by atoms with E-state index in [1.807, 2.05) is 0 Å². The minimum Gasteiger partial charge on any atom is -0.462 e. The maximum Gasteiger partial charge on any atom is 0.338 e. The Kier molecular flexibility index (Phi) is 4.62. The third-order valence-electron chi connectivity index (χ3n) is 2.92. The van der Waals surface area contributed by atoms with Crippen LogP contribution in [0, 0.1) is 0 Å². The van der Waals surface area contributed by atoms with Crippen LogP contribution in [-0.4, -0.2) is 33.6 Å². The molecule has 0 aliphatic heterocycles. The number of urea groups is 1. The average Bonchev–Trinajstić information content (AvgIpc) is 2.97. The Morgan fingerprint density at radius 2 is 2.12 bits per heavy atom. The fourth-order valence-corrected chi connectivity index (χ4v) is 2.83. The quantitative estimate of drug-likeness (QED) is 0.706. The molecule has 3 aromatic rings. The largest absolute Gasteiger partial charge is 0.462 e. The van der Waals surface area contributed by atoms with E-state index < -0.39 is 6.03 Å². The number of rotatable bonds is 4. The van der Waals surface area contributed by atoms with E-state index in [2.05, 4.69) is 25.6 Å². The molecular formula is C15H13N5O3S. The lowest BCUT2D eigenvalue weighted by Crippen LogP contribution is -2.19. The fraction of sp³-hybridized carbons (Fsp3) is 0.133. The van der Waals surface area contributed by atoms with Crippen molar-refractivity contribution in [2.45, 2.75) is 6.92 Å². The van der Waals surface area contributed by atoms with Crippen LogP contribution < -0.4 is 10.6 Å². The van der Waals surface area contributed by atoms with E-state index in [0.717, 1.165) is 4.70 Å². The highest BCUT2D eigenvalue weighted by Gasteiger charge is 2.12. The summed E-state index contributed by atoms with van der Waals surface area (Å²) in [6, 6.07) is 4.57. The van der Waals surface area contributed by atoms with Gasteiger partial charge in [0.15, 0.2) is 10.9 Å². The molecule has 1 aromatic carbocycles. The lowest BCUT2D eigenvalue weighted by atomic mass is 10.2. The lowest BCUT2D eigenvalue weighted by Gasteiger charge is -2.02. The highest BCUT2D eigenvalue weighted by atomic mass is 32.1. The molecule has 0 fully saturated rings. The van der Waals surface area contributed by atoms with Crippen molar-refractivity contribution in [2.24, 2.45) is 0 Å². The molecular weight excluding hydrogens is 330 g/mol. The Labute approximate surface area is 140 Å². The number of nitrogens with zero attached hydrogens (tertiary/aromatic N) is 3. The second-order valence-electron chi connectivity index (χ2n) is 4.59. The number of esters is 1. The summed E-state index contributed by atoms with van der Waals surface area (Å²) in [6.07, 6.45) is 4.42. The molecule has 0 bridgehead atoms. The monoisotopic (exact) mass is 343 g/mol. The number of amides is 2. The molecule has 24 heavy (non-hydrogen) atoms. The van der Waals surface area contributed by atoms with Gasteiger partial charge in [0.25, 0.3) is 0 Å². The van der Waals surface area contributed by atoms with Crippen LogP contribution in [0.2, 0.25) is 0 Å². The van der Waals surface area contributed by atoms with Crippen molar-refractivity contribution < 1.29 is 14.3 Å². The third kappa shape index (κ3) is 3.63. The van der Waals surface area contributed by atoms with E-state index in [4.69, 9.17) is 4.74 Å². The lowest BCUT2D eigenvalue weighted by molar-refractivity contribution is 0.0526. The number of carbonyl (C=O) groups excluding carboxylic acids is 2. The predicted octanol–water partition coefficient (Wildman–Crippen LogP) is 2.91. The van der Waals surface area contributed by atoms with Gasteiger partial charge in [-0.1, -0.05) is 11.3 Å². The van der Waals surface area contributed by atoms with Gasteiger partial charge in [-0.3, -0.25) is 15.6 Å². The van der Waals surface area contributed by atoms with Gasteiger partial charge in [-0.15, -0.1) is 0 Å². The number of ether oxygens (including phenoxy) is 1. The summed E-state index contributed by atoms with van der Waals surface area (Å²) in [6.45, 7) is 2.07. The number of benzene rings is 1. The van der Waals surface area contributed by atoms with Crippen molar-refractivity contribution in [3.05, 3.63) is 42.4 Å². The van der Waals surface area contributed by atoms with Gasteiger partial charge in [-0.2, -0.15) is 0 Å². The number of fused-ring (bicyclic) bond motifs is 1. The zero-order valence-electron chi connectivity index (χ0n) is 12.6. The van der Waals surface area contributed by atoms with Gasteiger partial charge >= 0.3 is 12.0 Å². The van der Waals surface area contributed by atoms with E-state index in [1.54, 1.807) is 25.1 Å². The Bertz CT molecular complexity index is 881. The summed E-state index contributed by atoms with van der Waals surface area (Å²) in [5, 5.41) is 5.59. The Hall–Kier alpha value is -3.07. The van der Waals surface area contributed by atoms with Crippen LogP contribution in [0.4, 0.5) is 15.7 Å². The van der Waals surface area contributed by atoms with Crippen molar-refractivity contribution >= 4 is 44.5 Å². The molecule has 0 radical (unpaired) electrons. The molecule has 2 N–H and O–H groups in total. The minimum atomic E-state index is -0.472. The Morgan fingerprint density at radius 3 is 2.88 bits per heavy atom. The molecule has 0 spiro atoms. The molecule has 122 valence electrons. The first-order chi connectivity index (χ1) is 11.7. The maximum absolute atomic E-state index is 11.9. The van der Waals surface area contributed by atoms with Gasteiger partial charge < -0.3 is 4.74 Å². The van der Waals surface area contributed by atoms with E-state index in [1.165, 1.54) is 29.9 Å². The zero-order valence-corrected chi connectivity index (χ0v) is 13.5. The number of nitrogens with one attached hydrogen (secondary N) is 2. The van der Waals surface area contributed by atoms with Crippen LogP contribution in [0.5, 0.6) is 0 Å². The third-order valence-corrected chi connectivity index (χ3v) is 3.86. The number of aromatic nitrogens is 3. The first-order valence-corrected chi connectivity index (χ1v) is 7.89. The summed E-state index contributed by atoms with van der Waals surface area (Å²) < 4.78 is 5.74. The van der Waals surface area contributed by atoms with E-state index in [-0.39, 0.29) is 5.97 Å². The molecule has 2 heterocycles. The molecule has 8 nitrogen and oxygen atoms in total. The molecule has 2 aromatic heterocycles. The van der Waals surface area contributed by atoms with Crippen LogP contribution in [0.25, 0.3) is 10.2 Å². The summed E-state index contributed by atoms with van der Waals surface area (Å²) >= 11 is 1.26. The van der Waals surface area contributed by atoms with Gasteiger partial charge in [0.2, 0.25) is 0 Å². The van der Waals surface area contributed by atoms with E-state index >= 15 is 0 Å². The Balaban J connectivity index is 1.73. The standard InChI is InChI=1S/C15H13N5O3S/c1-2-23-13(21)9-3-4-10-11(7-9)24-15(18-10)20-14(22)19-12-8-16-5-6-17-12/h3-8H,2H2,1H3,(H2,17,18,19,20,22). The summed E-state index contributed by atoms with van der Waals surface area (Å²) in [4.78, 5) is 35.8. The first-order valence-electron chi connectivity index (χ1n) is 7.07. The van der Waals surface area contributed by atoms with Gasteiger partial charge in [0.1, 0.15) is 0 Å². The Morgan fingerprint density at radius 1 is 1.25 bits per heavy atom. The highest BCUT2D eigenvalue weighted by Crippen LogP contribution is 2.27. The van der Waals surface area contributed by atoms with Crippen molar-refractivity contribution in [3.63, 3.8) is 0 Å². The van der Waals surface area contributed by atoms with Crippen LogP contribution in [0.15, 0.2) is 36.8 Å². The summed E-state index contributed by atoms with van der Waals surface area (Å²) in [5.74, 6) is -0.0524. The first kappa shape index (κ1) is 15.8. The van der Waals surface area contributed by atoms with Crippen molar-refractivity contribution in [1.29, 1.82) is 0 Å². The van der Waals surface area contributed by atoms with Crippen molar-refractivity contribution in [3.8, 4) is 0 Å². The number of hydrogen-bond acceptors (Lipinski definition) is 7. The second kappa shape index (κ2) is 7.01. The van der Waals surface area contributed by atoms with Crippen LogP contribution in [-0.2, 0) is 4.74 Å². The van der Waals surface area contributed by atoms with Gasteiger partial charge in [0.05, 0.1) is 28.6 Å².